The summed E-state index contributed by atoms with van der Waals surface area (Å²) >= 11 is 9.18. The minimum absolute atomic E-state index is 0.117. The van der Waals surface area contributed by atoms with Crippen LogP contribution in [0.4, 0.5) is 15.8 Å². The summed E-state index contributed by atoms with van der Waals surface area (Å²) in [4.78, 5) is 13.5. The van der Waals surface area contributed by atoms with Gasteiger partial charge in [0.05, 0.1) is 17.1 Å². The summed E-state index contributed by atoms with van der Waals surface area (Å²) in [6.07, 6.45) is 1.36. The quantitative estimate of drug-likeness (QED) is 0.629. The first kappa shape index (κ1) is 21.1. The maximum absolute atomic E-state index is 14.7. The van der Waals surface area contributed by atoms with E-state index in [0.29, 0.717) is 40.0 Å². The smallest absolute Gasteiger partial charge is 0.236 e. The van der Waals surface area contributed by atoms with Crippen molar-refractivity contribution in [3.8, 4) is 0 Å². The molecule has 3 rings (SSSR count). The highest BCUT2D eigenvalue weighted by Gasteiger charge is 2.27. The van der Waals surface area contributed by atoms with Gasteiger partial charge in [0, 0.05) is 28.5 Å². The molecule has 0 atom stereocenters. The fourth-order valence-electron chi connectivity index (χ4n) is 3.23. The van der Waals surface area contributed by atoms with Crippen molar-refractivity contribution in [1.29, 1.82) is 0 Å². The highest BCUT2D eigenvalue weighted by Crippen LogP contribution is 2.34. The number of carbonyl (C=O) groups excluding carboxylic acids is 1. The molecule has 150 valence electrons. The van der Waals surface area contributed by atoms with Gasteiger partial charge < -0.3 is 4.90 Å². The van der Waals surface area contributed by atoms with E-state index in [0.717, 1.165) is 6.07 Å². The molecule has 0 aromatic heterocycles. The molecular weight excluding hydrogens is 471 g/mol. The number of hydrogen-bond acceptors (Lipinski definition) is 3. The molecule has 1 aliphatic heterocycles. The number of carbonyl (C=O) groups is 1. The summed E-state index contributed by atoms with van der Waals surface area (Å²) < 4.78 is 42.9. The fraction of sp³-hybridized carbons (Fsp3) is 0.316. The van der Waals surface area contributed by atoms with Gasteiger partial charge >= 0.3 is 0 Å². The normalized spacial score (nSPS) is 14.1. The third kappa shape index (κ3) is 4.67. The zero-order valence-corrected chi connectivity index (χ0v) is 18.3. The Bertz CT molecular complexity index is 1030. The first-order valence-corrected chi connectivity index (χ1v) is 11.6. The van der Waals surface area contributed by atoms with Crippen LogP contribution in [0.2, 0.25) is 5.02 Å². The number of hydrogen-bond donors (Lipinski definition) is 1. The van der Waals surface area contributed by atoms with Crippen LogP contribution in [-0.2, 0) is 27.0 Å². The number of benzene rings is 2. The monoisotopic (exact) mass is 488 g/mol. The molecular formula is C19H19BrClFN2O3S. The van der Waals surface area contributed by atoms with Gasteiger partial charge in [-0.05, 0) is 42.2 Å². The summed E-state index contributed by atoms with van der Waals surface area (Å²) in [5.41, 5.74) is 1.56. The van der Waals surface area contributed by atoms with E-state index in [-0.39, 0.29) is 29.5 Å². The number of amides is 1. The van der Waals surface area contributed by atoms with Crippen molar-refractivity contribution in [2.24, 2.45) is 0 Å². The standard InChI is InChI=1S/C19H19BrClFN2O3S/c1-2-7-24-18(25)6-4-12-8-15(10-17(22)19(12)24)23-28(26,27)11-13-3-5-14(21)9-16(13)20/h3,5,8-10,23H,2,4,6-7,11H2,1H3. The summed E-state index contributed by atoms with van der Waals surface area (Å²) in [6, 6.07) is 7.56. The van der Waals surface area contributed by atoms with E-state index in [1.165, 1.54) is 4.90 Å². The van der Waals surface area contributed by atoms with E-state index in [2.05, 4.69) is 20.7 Å². The molecule has 0 radical (unpaired) electrons. The highest BCUT2D eigenvalue weighted by atomic mass is 79.9. The molecule has 28 heavy (non-hydrogen) atoms. The van der Waals surface area contributed by atoms with E-state index in [9.17, 15) is 17.6 Å². The SMILES string of the molecule is CCCN1C(=O)CCc2cc(NS(=O)(=O)Cc3ccc(Cl)cc3Br)cc(F)c21. The topological polar surface area (TPSA) is 66.5 Å². The summed E-state index contributed by atoms with van der Waals surface area (Å²) in [5, 5.41) is 0.490. The third-order valence-corrected chi connectivity index (χ3v) is 6.61. The Balaban J connectivity index is 1.86. The van der Waals surface area contributed by atoms with Crippen molar-refractivity contribution in [1.82, 2.24) is 0 Å². The van der Waals surface area contributed by atoms with Gasteiger partial charge in [0.25, 0.3) is 0 Å². The van der Waals surface area contributed by atoms with E-state index in [4.69, 9.17) is 11.6 Å². The molecule has 0 fully saturated rings. The van der Waals surface area contributed by atoms with Crippen LogP contribution in [-0.4, -0.2) is 20.9 Å². The molecule has 9 heteroatoms. The van der Waals surface area contributed by atoms with Gasteiger partial charge in [0.1, 0.15) is 5.82 Å². The first-order chi connectivity index (χ1) is 13.2. The molecule has 1 amide bonds. The van der Waals surface area contributed by atoms with Gasteiger partial charge in [-0.15, -0.1) is 0 Å². The Morgan fingerprint density at radius 2 is 2.00 bits per heavy atom. The highest BCUT2D eigenvalue weighted by molar-refractivity contribution is 9.10. The van der Waals surface area contributed by atoms with Crippen LogP contribution in [0, 0.1) is 5.82 Å². The van der Waals surface area contributed by atoms with Crippen LogP contribution in [0.15, 0.2) is 34.8 Å². The van der Waals surface area contributed by atoms with Gasteiger partial charge in [0.2, 0.25) is 15.9 Å². The summed E-state index contributed by atoms with van der Waals surface area (Å²) in [5.74, 6) is -1.01. The number of nitrogens with zero attached hydrogens (tertiary/aromatic N) is 1. The maximum atomic E-state index is 14.7. The first-order valence-electron chi connectivity index (χ1n) is 8.77. The Labute approximate surface area is 177 Å². The molecule has 0 saturated heterocycles. The number of sulfonamides is 1. The van der Waals surface area contributed by atoms with Gasteiger partial charge in [-0.1, -0.05) is 40.5 Å². The number of halogens is 3. The number of anilines is 2. The van der Waals surface area contributed by atoms with E-state index >= 15 is 0 Å². The maximum Gasteiger partial charge on any atom is 0.236 e. The minimum atomic E-state index is -3.77. The predicted octanol–water partition coefficient (Wildman–Crippen LogP) is 4.87. The predicted molar refractivity (Wildman–Crippen MR) is 113 cm³/mol. The van der Waals surface area contributed by atoms with E-state index in [1.54, 1.807) is 24.3 Å². The number of nitrogens with one attached hydrogen (secondary N) is 1. The molecule has 1 N–H and O–H groups in total. The summed E-state index contributed by atoms with van der Waals surface area (Å²) in [6.45, 7) is 2.34. The van der Waals surface area contributed by atoms with Crippen LogP contribution in [0.3, 0.4) is 0 Å². The molecule has 0 aliphatic carbocycles. The third-order valence-electron chi connectivity index (χ3n) is 4.40. The van der Waals surface area contributed by atoms with Gasteiger partial charge in [0.15, 0.2) is 0 Å². The Kier molecular flexibility index (Phi) is 6.31. The average molecular weight is 490 g/mol. The molecule has 1 aliphatic rings. The second-order valence-corrected chi connectivity index (χ2v) is 9.62. The van der Waals surface area contributed by atoms with Gasteiger partial charge in [-0.25, -0.2) is 12.8 Å². The number of aryl methyl sites for hydroxylation is 1. The van der Waals surface area contributed by atoms with Crippen LogP contribution < -0.4 is 9.62 Å². The summed E-state index contributed by atoms with van der Waals surface area (Å²) in [7, 11) is -3.77. The molecule has 5 nitrogen and oxygen atoms in total. The Morgan fingerprint density at radius 1 is 1.25 bits per heavy atom. The Morgan fingerprint density at radius 3 is 2.68 bits per heavy atom. The van der Waals surface area contributed by atoms with Crippen LogP contribution >= 0.6 is 27.5 Å². The molecule has 1 heterocycles. The minimum Gasteiger partial charge on any atom is -0.309 e. The molecule has 0 bridgehead atoms. The largest absolute Gasteiger partial charge is 0.309 e. The molecule has 0 saturated carbocycles. The molecule has 0 spiro atoms. The lowest BCUT2D eigenvalue weighted by molar-refractivity contribution is -0.118. The van der Waals surface area contributed by atoms with Crippen molar-refractivity contribution >= 4 is 54.8 Å². The van der Waals surface area contributed by atoms with E-state index in [1.807, 2.05) is 6.92 Å². The zero-order valence-electron chi connectivity index (χ0n) is 15.1. The Hall–Kier alpha value is -1.64. The zero-order chi connectivity index (χ0) is 20.5. The van der Waals surface area contributed by atoms with Crippen LogP contribution in [0.25, 0.3) is 0 Å². The van der Waals surface area contributed by atoms with Crippen molar-refractivity contribution in [3.63, 3.8) is 0 Å². The van der Waals surface area contributed by atoms with Crippen molar-refractivity contribution in [2.75, 3.05) is 16.2 Å². The fourth-order valence-corrected chi connectivity index (χ4v) is 5.45. The number of rotatable bonds is 6. The van der Waals surface area contributed by atoms with Crippen LogP contribution in [0.5, 0.6) is 0 Å². The van der Waals surface area contributed by atoms with E-state index < -0.39 is 15.8 Å². The molecule has 2 aromatic carbocycles. The second kappa shape index (κ2) is 8.39. The second-order valence-electron chi connectivity index (χ2n) is 6.61. The molecule has 0 unspecified atom stereocenters. The lowest BCUT2D eigenvalue weighted by Gasteiger charge is -2.30. The van der Waals surface area contributed by atoms with Crippen molar-refractivity contribution in [3.05, 3.63) is 56.8 Å². The number of fused-ring (bicyclic) bond motifs is 1. The lowest BCUT2D eigenvalue weighted by Crippen LogP contribution is -2.36. The van der Waals surface area contributed by atoms with Crippen molar-refractivity contribution < 1.29 is 17.6 Å². The van der Waals surface area contributed by atoms with Crippen molar-refractivity contribution in [2.45, 2.75) is 31.9 Å². The average Bonchev–Trinajstić information content (AvgIpc) is 2.59. The van der Waals surface area contributed by atoms with Gasteiger partial charge in [-0.3, -0.25) is 9.52 Å². The van der Waals surface area contributed by atoms with Crippen LogP contribution in [0.1, 0.15) is 30.9 Å². The van der Waals surface area contributed by atoms with Gasteiger partial charge in [-0.2, -0.15) is 0 Å². The lowest BCUT2D eigenvalue weighted by atomic mass is 10.00. The molecule has 2 aromatic rings.